The van der Waals surface area contributed by atoms with Crippen LogP contribution >= 0.6 is 0 Å². The molecule has 0 fully saturated rings. The van der Waals surface area contributed by atoms with E-state index in [9.17, 15) is 4.79 Å². The summed E-state index contributed by atoms with van der Waals surface area (Å²) >= 11 is 0. The highest BCUT2D eigenvalue weighted by molar-refractivity contribution is 5.99. The summed E-state index contributed by atoms with van der Waals surface area (Å²) in [7, 11) is 1.93. The fourth-order valence-corrected chi connectivity index (χ4v) is 4.58. The van der Waals surface area contributed by atoms with E-state index >= 15 is 0 Å². The summed E-state index contributed by atoms with van der Waals surface area (Å²) in [4.78, 5) is 18.9. The van der Waals surface area contributed by atoms with Crippen LogP contribution in [-0.2, 0) is 12.5 Å². The molecule has 1 atom stereocenters. The number of rotatable bonds is 8. The Morgan fingerprint density at radius 3 is 2.08 bits per heavy atom. The molecular formula is C32H37N3O. The molecule has 1 unspecified atom stereocenters. The molecule has 36 heavy (non-hydrogen) atoms. The lowest BCUT2D eigenvalue weighted by atomic mass is 9.86. The van der Waals surface area contributed by atoms with E-state index in [2.05, 4.69) is 69.4 Å². The summed E-state index contributed by atoms with van der Waals surface area (Å²) in [5.74, 6) is 0.674. The van der Waals surface area contributed by atoms with Gasteiger partial charge in [-0.3, -0.25) is 4.79 Å². The summed E-state index contributed by atoms with van der Waals surface area (Å²) in [6, 6.07) is 28.7. The van der Waals surface area contributed by atoms with Crippen molar-refractivity contribution in [1.29, 1.82) is 0 Å². The summed E-state index contributed by atoms with van der Waals surface area (Å²) < 4.78 is 1.93. The third kappa shape index (κ3) is 5.59. The van der Waals surface area contributed by atoms with E-state index in [0.29, 0.717) is 11.4 Å². The average Bonchev–Trinajstić information content (AvgIpc) is 3.24. The number of imidazole rings is 1. The van der Waals surface area contributed by atoms with Gasteiger partial charge in [0.1, 0.15) is 17.2 Å². The first-order valence-electron chi connectivity index (χ1n) is 12.9. The van der Waals surface area contributed by atoms with E-state index in [1.165, 1.54) is 5.56 Å². The van der Waals surface area contributed by atoms with E-state index in [1.807, 2.05) is 60.1 Å². The van der Waals surface area contributed by atoms with Crippen LogP contribution in [0.2, 0.25) is 0 Å². The highest BCUT2D eigenvalue weighted by Crippen LogP contribution is 2.31. The molecule has 0 saturated carbocycles. The van der Waals surface area contributed by atoms with Gasteiger partial charge in [0.15, 0.2) is 0 Å². The Bertz CT molecular complexity index is 1280. The van der Waals surface area contributed by atoms with Crippen molar-refractivity contribution in [2.75, 3.05) is 0 Å². The first kappa shape index (κ1) is 25.4. The Balaban J connectivity index is 1.77. The second-order valence-corrected chi connectivity index (χ2v) is 10.5. The number of nitrogens with one attached hydrogen (secondary N) is 1. The molecule has 1 amide bonds. The number of amides is 1. The number of carbonyl (C=O) groups is 1. The van der Waals surface area contributed by atoms with Crippen molar-refractivity contribution in [2.24, 2.45) is 7.05 Å². The first-order valence-corrected chi connectivity index (χ1v) is 12.9. The van der Waals surface area contributed by atoms with Crippen molar-refractivity contribution in [3.63, 3.8) is 0 Å². The van der Waals surface area contributed by atoms with Crippen LogP contribution in [0.1, 0.15) is 74.6 Å². The predicted molar refractivity (Wildman–Crippen MR) is 149 cm³/mol. The normalized spacial score (nSPS) is 12.4. The van der Waals surface area contributed by atoms with Crippen molar-refractivity contribution in [2.45, 2.75) is 58.4 Å². The summed E-state index contributed by atoms with van der Waals surface area (Å²) in [5, 5.41) is 3.34. The van der Waals surface area contributed by atoms with Crippen molar-refractivity contribution in [3.05, 3.63) is 102 Å². The number of hydrogen-bond donors (Lipinski definition) is 1. The van der Waals surface area contributed by atoms with Gasteiger partial charge in [-0.15, -0.1) is 0 Å². The maximum atomic E-state index is 13.9. The van der Waals surface area contributed by atoms with E-state index in [4.69, 9.17) is 4.98 Å². The quantitative estimate of drug-likeness (QED) is 0.281. The highest BCUT2D eigenvalue weighted by Gasteiger charge is 2.26. The minimum atomic E-state index is -0.105. The fraction of sp³-hybridized carbons (Fsp3) is 0.312. The lowest BCUT2D eigenvalue weighted by Crippen LogP contribution is -2.30. The summed E-state index contributed by atoms with van der Waals surface area (Å²) in [5.41, 5.74) is 5.64. The molecule has 1 heterocycles. The van der Waals surface area contributed by atoms with Crippen LogP contribution in [0, 0.1) is 0 Å². The number of carbonyl (C=O) groups excluding carboxylic acids is 1. The van der Waals surface area contributed by atoms with E-state index in [0.717, 1.165) is 41.8 Å². The minimum absolute atomic E-state index is 0.0511. The fourth-order valence-electron chi connectivity index (χ4n) is 4.58. The van der Waals surface area contributed by atoms with E-state index in [1.54, 1.807) is 0 Å². The van der Waals surface area contributed by atoms with E-state index in [-0.39, 0.29) is 17.4 Å². The van der Waals surface area contributed by atoms with Gasteiger partial charge < -0.3 is 9.88 Å². The second-order valence-electron chi connectivity index (χ2n) is 10.5. The van der Waals surface area contributed by atoms with E-state index < -0.39 is 0 Å². The van der Waals surface area contributed by atoms with Crippen molar-refractivity contribution >= 4 is 5.91 Å². The molecular weight excluding hydrogens is 442 g/mol. The van der Waals surface area contributed by atoms with Gasteiger partial charge in [-0.05, 0) is 23.0 Å². The van der Waals surface area contributed by atoms with Gasteiger partial charge in [0.2, 0.25) is 0 Å². The van der Waals surface area contributed by atoms with Gasteiger partial charge in [0.05, 0.1) is 6.04 Å². The number of aromatic nitrogens is 2. The monoisotopic (exact) mass is 479 g/mol. The van der Waals surface area contributed by atoms with Gasteiger partial charge in [0.25, 0.3) is 5.91 Å². The Kier molecular flexibility index (Phi) is 7.73. The Hall–Kier alpha value is -3.66. The molecule has 3 aromatic carbocycles. The Morgan fingerprint density at radius 1 is 0.889 bits per heavy atom. The standard InChI is InChI=1S/C32H37N3O/c1-6-7-18-27(23-14-10-8-11-15-23)33-31(36)29-28(24-19-21-26(22-20-24)32(2,3)4)34-30(35(29)5)25-16-12-9-13-17-25/h8-17,19-22,27H,6-7,18H2,1-5H3,(H,33,36). The minimum Gasteiger partial charge on any atom is -0.344 e. The third-order valence-electron chi connectivity index (χ3n) is 6.72. The molecule has 4 rings (SSSR count). The third-order valence-corrected chi connectivity index (χ3v) is 6.72. The molecule has 0 aliphatic rings. The van der Waals surface area contributed by atoms with Crippen LogP contribution in [0.4, 0.5) is 0 Å². The van der Waals surface area contributed by atoms with Crippen LogP contribution in [0.15, 0.2) is 84.9 Å². The zero-order valence-corrected chi connectivity index (χ0v) is 22.1. The number of unbranched alkanes of at least 4 members (excludes halogenated alkanes) is 1. The maximum absolute atomic E-state index is 13.9. The van der Waals surface area contributed by atoms with Crippen molar-refractivity contribution in [3.8, 4) is 22.6 Å². The first-order chi connectivity index (χ1) is 17.3. The van der Waals surface area contributed by atoms with Gasteiger partial charge in [-0.1, -0.05) is 125 Å². The summed E-state index contributed by atoms with van der Waals surface area (Å²) in [6.45, 7) is 8.79. The van der Waals surface area contributed by atoms with Gasteiger partial charge in [-0.2, -0.15) is 0 Å². The maximum Gasteiger partial charge on any atom is 0.270 e. The van der Waals surface area contributed by atoms with Gasteiger partial charge in [0, 0.05) is 18.2 Å². The predicted octanol–water partition coefficient (Wildman–Crippen LogP) is 7.71. The topological polar surface area (TPSA) is 46.9 Å². The number of benzene rings is 3. The lowest BCUT2D eigenvalue weighted by Gasteiger charge is -2.20. The molecule has 4 nitrogen and oxygen atoms in total. The molecule has 1 N–H and O–H groups in total. The summed E-state index contributed by atoms with van der Waals surface area (Å²) in [6.07, 6.45) is 3.02. The Morgan fingerprint density at radius 2 is 1.50 bits per heavy atom. The van der Waals surface area contributed by atoms with Gasteiger partial charge >= 0.3 is 0 Å². The molecule has 4 heteroatoms. The molecule has 4 aromatic rings. The van der Waals surface area contributed by atoms with Crippen molar-refractivity contribution in [1.82, 2.24) is 14.9 Å². The average molecular weight is 480 g/mol. The molecule has 0 aliphatic heterocycles. The lowest BCUT2D eigenvalue weighted by molar-refractivity contribution is 0.0926. The second kappa shape index (κ2) is 10.9. The number of hydrogen-bond acceptors (Lipinski definition) is 2. The Labute approximate surface area is 215 Å². The molecule has 186 valence electrons. The van der Waals surface area contributed by atoms with Crippen LogP contribution in [0.3, 0.4) is 0 Å². The van der Waals surface area contributed by atoms with Crippen LogP contribution in [0.5, 0.6) is 0 Å². The molecule has 0 aliphatic carbocycles. The van der Waals surface area contributed by atoms with Crippen molar-refractivity contribution < 1.29 is 4.79 Å². The molecule has 0 bridgehead atoms. The zero-order chi connectivity index (χ0) is 25.7. The highest BCUT2D eigenvalue weighted by atomic mass is 16.2. The van der Waals surface area contributed by atoms with Crippen LogP contribution in [0.25, 0.3) is 22.6 Å². The molecule has 0 radical (unpaired) electrons. The van der Waals surface area contributed by atoms with Crippen LogP contribution < -0.4 is 5.32 Å². The largest absolute Gasteiger partial charge is 0.344 e. The number of nitrogens with zero attached hydrogens (tertiary/aromatic N) is 2. The smallest absolute Gasteiger partial charge is 0.270 e. The molecule has 0 saturated heterocycles. The zero-order valence-electron chi connectivity index (χ0n) is 22.1. The van der Waals surface area contributed by atoms with Gasteiger partial charge in [-0.25, -0.2) is 4.98 Å². The SMILES string of the molecule is CCCCC(NC(=O)c1c(-c2ccc(C(C)(C)C)cc2)nc(-c2ccccc2)n1C)c1ccccc1. The molecule has 0 spiro atoms. The molecule has 1 aromatic heterocycles. The van der Waals surface area contributed by atoms with Crippen LogP contribution in [-0.4, -0.2) is 15.5 Å².